The van der Waals surface area contributed by atoms with Crippen LogP contribution in [0.1, 0.15) is 17.5 Å². The van der Waals surface area contributed by atoms with Gasteiger partial charge in [-0.1, -0.05) is 18.2 Å². The topological polar surface area (TPSA) is 58.6 Å². The highest BCUT2D eigenvalue weighted by molar-refractivity contribution is 6.22. The van der Waals surface area contributed by atoms with Crippen molar-refractivity contribution in [1.82, 2.24) is 5.32 Å². The molecule has 0 bridgehead atoms. The van der Waals surface area contributed by atoms with Gasteiger partial charge in [-0.2, -0.15) is 13.2 Å². The van der Waals surface area contributed by atoms with E-state index in [0.717, 1.165) is 17.0 Å². The molecule has 8 heteroatoms. The number of amides is 2. The van der Waals surface area contributed by atoms with Crippen LogP contribution in [-0.2, 0) is 22.3 Å². The van der Waals surface area contributed by atoms with Gasteiger partial charge in [0.05, 0.1) is 30.8 Å². The zero-order valence-corrected chi connectivity index (χ0v) is 14.4. The first kappa shape index (κ1) is 18.9. The molecule has 1 aliphatic rings. The fourth-order valence-electron chi connectivity index (χ4n) is 2.89. The summed E-state index contributed by atoms with van der Waals surface area (Å²) >= 11 is 0. The van der Waals surface area contributed by atoms with Crippen molar-refractivity contribution in [1.29, 1.82) is 0 Å². The summed E-state index contributed by atoms with van der Waals surface area (Å²) in [5.41, 5.74) is 0.0534. The van der Waals surface area contributed by atoms with E-state index in [0.29, 0.717) is 17.0 Å². The third kappa shape index (κ3) is 4.11. The molecule has 1 heterocycles. The van der Waals surface area contributed by atoms with Gasteiger partial charge in [0.2, 0.25) is 5.91 Å². The van der Waals surface area contributed by atoms with Crippen molar-refractivity contribution in [2.24, 2.45) is 0 Å². The summed E-state index contributed by atoms with van der Waals surface area (Å²) in [6, 6.07) is 10.5. The van der Waals surface area contributed by atoms with E-state index >= 15 is 0 Å². The predicted octanol–water partition coefficient (Wildman–Crippen LogP) is 3.14. The van der Waals surface area contributed by atoms with E-state index in [1.165, 1.54) is 19.2 Å². The van der Waals surface area contributed by atoms with Crippen molar-refractivity contribution in [3.63, 3.8) is 0 Å². The third-order valence-corrected chi connectivity index (χ3v) is 4.28. The largest absolute Gasteiger partial charge is 0.497 e. The summed E-state index contributed by atoms with van der Waals surface area (Å²) < 4.78 is 43.4. The first-order chi connectivity index (χ1) is 12.8. The fraction of sp³-hybridized carbons (Fsp3) is 0.263. The van der Waals surface area contributed by atoms with Gasteiger partial charge in [0.1, 0.15) is 5.75 Å². The van der Waals surface area contributed by atoms with E-state index in [9.17, 15) is 22.8 Å². The molecule has 0 unspecified atom stereocenters. The lowest BCUT2D eigenvalue weighted by molar-refractivity contribution is -0.137. The van der Waals surface area contributed by atoms with Gasteiger partial charge in [0.15, 0.2) is 0 Å². The summed E-state index contributed by atoms with van der Waals surface area (Å²) in [6.45, 7) is 0.0457. The second kappa shape index (κ2) is 7.40. The predicted molar refractivity (Wildman–Crippen MR) is 92.2 cm³/mol. The Labute approximate surface area is 153 Å². The maximum atomic E-state index is 12.8. The van der Waals surface area contributed by atoms with Crippen molar-refractivity contribution in [2.45, 2.75) is 25.2 Å². The molecule has 0 radical (unpaired) electrons. The molecule has 0 aliphatic carbocycles. The van der Waals surface area contributed by atoms with Gasteiger partial charge in [-0.25, -0.2) is 4.90 Å². The number of hydrogen-bond donors (Lipinski definition) is 1. The van der Waals surface area contributed by atoms with E-state index < -0.39 is 23.7 Å². The standard InChI is InChI=1S/C19H17F3N2O3/c1-27-15-7-5-14(6-8-15)24-17(25)10-16(18(24)26)23-11-12-3-2-4-13(9-12)19(20,21)22/h2-9,16,23H,10-11H2,1H3/t16-/m0/s1. The number of benzene rings is 2. The van der Waals surface area contributed by atoms with Crippen LogP contribution in [-0.4, -0.2) is 25.0 Å². The van der Waals surface area contributed by atoms with Gasteiger partial charge >= 0.3 is 6.18 Å². The number of alkyl halides is 3. The number of halogens is 3. The molecule has 5 nitrogen and oxygen atoms in total. The zero-order chi connectivity index (χ0) is 19.6. The minimum absolute atomic E-state index is 0.0457. The highest BCUT2D eigenvalue weighted by Crippen LogP contribution is 2.30. The Balaban J connectivity index is 1.68. The van der Waals surface area contributed by atoms with E-state index in [1.54, 1.807) is 24.3 Å². The highest BCUT2D eigenvalue weighted by Gasteiger charge is 2.39. The van der Waals surface area contributed by atoms with Crippen LogP contribution < -0.4 is 15.0 Å². The van der Waals surface area contributed by atoms with Crippen molar-refractivity contribution < 1.29 is 27.5 Å². The van der Waals surface area contributed by atoms with Crippen molar-refractivity contribution in [3.8, 4) is 5.75 Å². The molecule has 1 N–H and O–H groups in total. The Morgan fingerprint density at radius 3 is 2.48 bits per heavy atom. The summed E-state index contributed by atoms with van der Waals surface area (Å²) in [7, 11) is 1.51. The highest BCUT2D eigenvalue weighted by atomic mass is 19.4. The van der Waals surface area contributed by atoms with Crippen LogP contribution in [0.2, 0.25) is 0 Å². The third-order valence-electron chi connectivity index (χ3n) is 4.28. The van der Waals surface area contributed by atoms with E-state index in [4.69, 9.17) is 4.74 Å². The van der Waals surface area contributed by atoms with Crippen molar-refractivity contribution in [3.05, 3.63) is 59.7 Å². The van der Waals surface area contributed by atoms with Gasteiger partial charge in [-0.15, -0.1) is 0 Å². The number of anilines is 1. The van der Waals surface area contributed by atoms with Gasteiger partial charge in [0, 0.05) is 6.54 Å². The average Bonchev–Trinajstić information content (AvgIpc) is 2.93. The monoisotopic (exact) mass is 378 g/mol. The minimum Gasteiger partial charge on any atom is -0.497 e. The van der Waals surface area contributed by atoms with Gasteiger partial charge < -0.3 is 10.1 Å². The number of methoxy groups -OCH3 is 1. The molecule has 2 aromatic carbocycles. The summed E-state index contributed by atoms with van der Waals surface area (Å²) in [4.78, 5) is 25.9. The second-order valence-electron chi connectivity index (χ2n) is 6.10. The van der Waals surface area contributed by atoms with Gasteiger partial charge in [0.25, 0.3) is 5.91 Å². The molecule has 2 aromatic rings. The van der Waals surface area contributed by atoms with Gasteiger partial charge in [-0.05, 0) is 35.9 Å². The quantitative estimate of drug-likeness (QED) is 0.813. The van der Waals surface area contributed by atoms with Crippen molar-refractivity contribution in [2.75, 3.05) is 12.0 Å². The summed E-state index contributed by atoms with van der Waals surface area (Å²) in [5, 5.41) is 2.87. The Morgan fingerprint density at radius 2 is 1.85 bits per heavy atom. The SMILES string of the molecule is COc1ccc(N2C(=O)C[C@H](NCc3cccc(C(F)(F)F)c3)C2=O)cc1. The smallest absolute Gasteiger partial charge is 0.416 e. The fourth-order valence-corrected chi connectivity index (χ4v) is 2.89. The number of ether oxygens (including phenoxy) is 1. The minimum atomic E-state index is -4.43. The molecule has 0 aromatic heterocycles. The Bertz CT molecular complexity index is 850. The lowest BCUT2D eigenvalue weighted by atomic mass is 10.1. The van der Waals surface area contributed by atoms with Crippen molar-refractivity contribution >= 4 is 17.5 Å². The molecule has 1 atom stereocenters. The lowest BCUT2D eigenvalue weighted by Crippen LogP contribution is -2.38. The molecule has 142 valence electrons. The first-order valence-electron chi connectivity index (χ1n) is 8.20. The summed E-state index contributed by atoms with van der Waals surface area (Å²) in [5.74, 6) is -0.207. The molecule has 2 amide bonds. The Kier molecular flexibility index (Phi) is 5.18. The molecule has 1 saturated heterocycles. The van der Waals surface area contributed by atoms with E-state index in [2.05, 4.69) is 5.32 Å². The molecule has 1 aliphatic heterocycles. The second-order valence-corrected chi connectivity index (χ2v) is 6.10. The van der Waals surface area contributed by atoms with Gasteiger partial charge in [-0.3, -0.25) is 9.59 Å². The maximum Gasteiger partial charge on any atom is 0.416 e. The number of imide groups is 1. The number of rotatable bonds is 5. The van der Waals surface area contributed by atoms with Crippen LogP contribution in [0, 0.1) is 0 Å². The zero-order valence-electron chi connectivity index (χ0n) is 14.4. The van der Waals surface area contributed by atoms with Crippen LogP contribution >= 0.6 is 0 Å². The van der Waals surface area contributed by atoms with Crippen LogP contribution in [0.15, 0.2) is 48.5 Å². The number of carbonyl (C=O) groups is 2. The average molecular weight is 378 g/mol. The molecule has 0 spiro atoms. The summed E-state index contributed by atoms with van der Waals surface area (Å²) in [6.07, 6.45) is -4.48. The molecule has 27 heavy (non-hydrogen) atoms. The molecular formula is C19H17F3N2O3. The van der Waals surface area contributed by atoms with Crippen LogP contribution in [0.25, 0.3) is 0 Å². The van der Waals surface area contributed by atoms with Crippen LogP contribution in [0.3, 0.4) is 0 Å². The first-order valence-corrected chi connectivity index (χ1v) is 8.20. The molecule has 0 saturated carbocycles. The van der Waals surface area contributed by atoms with Crippen LogP contribution in [0.4, 0.5) is 18.9 Å². The number of nitrogens with one attached hydrogen (secondary N) is 1. The Hall–Kier alpha value is -2.87. The van der Waals surface area contributed by atoms with E-state index in [-0.39, 0.29) is 18.9 Å². The maximum absolute atomic E-state index is 12.8. The molecule has 1 fully saturated rings. The number of carbonyl (C=O) groups excluding carboxylic acids is 2. The molecular weight excluding hydrogens is 361 g/mol. The molecule has 3 rings (SSSR count). The number of nitrogens with zero attached hydrogens (tertiary/aromatic N) is 1. The van der Waals surface area contributed by atoms with Crippen LogP contribution in [0.5, 0.6) is 5.75 Å². The lowest BCUT2D eigenvalue weighted by Gasteiger charge is -2.16. The van der Waals surface area contributed by atoms with E-state index in [1.807, 2.05) is 0 Å². The normalized spacial score (nSPS) is 17.5. The number of hydrogen-bond acceptors (Lipinski definition) is 4. The Morgan fingerprint density at radius 1 is 1.15 bits per heavy atom.